The molecule has 0 atom stereocenters. The second kappa shape index (κ2) is 7.43. The fourth-order valence-corrected chi connectivity index (χ4v) is 2.69. The number of rotatable bonds is 5. The molecule has 0 saturated carbocycles. The van der Waals surface area contributed by atoms with Crippen molar-refractivity contribution < 1.29 is 13.6 Å². The second-order valence-corrected chi connectivity index (χ2v) is 5.72. The fourth-order valence-electron chi connectivity index (χ4n) is 1.63. The van der Waals surface area contributed by atoms with Gasteiger partial charge in [0.2, 0.25) is 5.91 Å². The van der Waals surface area contributed by atoms with E-state index in [0.717, 1.165) is 0 Å². The number of hydrogen-bond acceptors (Lipinski definition) is 2. The van der Waals surface area contributed by atoms with Crippen molar-refractivity contribution in [1.82, 2.24) is 0 Å². The molecule has 2 rings (SSSR count). The molecule has 1 N–H and O–H groups in total. The van der Waals surface area contributed by atoms with Crippen molar-refractivity contribution in [2.24, 2.45) is 0 Å². The summed E-state index contributed by atoms with van der Waals surface area (Å²) in [4.78, 5) is 12.2. The van der Waals surface area contributed by atoms with Crippen LogP contribution in [0.1, 0.15) is 6.42 Å². The monoisotopic (exact) mass is 327 g/mol. The van der Waals surface area contributed by atoms with Crippen LogP contribution in [-0.4, -0.2) is 11.7 Å². The number of halogens is 3. The Balaban J connectivity index is 1.85. The van der Waals surface area contributed by atoms with Gasteiger partial charge in [-0.3, -0.25) is 4.79 Å². The van der Waals surface area contributed by atoms with Gasteiger partial charge in [-0.2, -0.15) is 0 Å². The number of hydrogen-bond donors (Lipinski definition) is 1. The van der Waals surface area contributed by atoms with Gasteiger partial charge in [0.25, 0.3) is 0 Å². The average Bonchev–Trinajstić information content (AvgIpc) is 2.46. The third kappa shape index (κ3) is 4.44. The third-order valence-corrected chi connectivity index (χ3v) is 3.99. The van der Waals surface area contributed by atoms with E-state index in [2.05, 4.69) is 5.32 Å². The predicted molar refractivity (Wildman–Crippen MR) is 81.8 cm³/mol. The summed E-state index contributed by atoms with van der Waals surface area (Å²) in [5.74, 6) is -0.923. The zero-order chi connectivity index (χ0) is 15.2. The van der Waals surface area contributed by atoms with Gasteiger partial charge in [0.05, 0.1) is 10.7 Å². The molecule has 2 aromatic rings. The Morgan fingerprint density at radius 2 is 1.90 bits per heavy atom. The summed E-state index contributed by atoms with van der Waals surface area (Å²) in [6.45, 7) is 0. The van der Waals surface area contributed by atoms with Gasteiger partial charge in [-0.15, -0.1) is 11.8 Å². The molecule has 0 aromatic heterocycles. The highest BCUT2D eigenvalue weighted by Gasteiger charge is 2.10. The maximum atomic E-state index is 13.6. The predicted octanol–water partition coefficient (Wildman–Crippen LogP) is 4.74. The van der Waals surface area contributed by atoms with E-state index in [1.807, 2.05) is 0 Å². The van der Waals surface area contributed by atoms with Gasteiger partial charge in [0, 0.05) is 17.1 Å². The summed E-state index contributed by atoms with van der Waals surface area (Å²) in [6.07, 6.45) is 0.144. The highest BCUT2D eigenvalue weighted by Crippen LogP contribution is 2.24. The normalized spacial score (nSPS) is 10.4. The Kier molecular flexibility index (Phi) is 5.59. The molecular formula is C15H12ClF2NOS. The van der Waals surface area contributed by atoms with Crippen LogP contribution in [0, 0.1) is 11.6 Å². The van der Waals surface area contributed by atoms with Gasteiger partial charge < -0.3 is 5.32 Å². The molecule has 2 nitrogen and oxygen atoms in total. The highest BCUT2D eigenvalue weighted by atomic mass is 35.5. The summed E-state index contributed by atoms with van der Waals surface area (Å²) in [7, 11) is 0. The molecule has 6 heteroatoms. The van der Waals surface area contributed by atoms with Crippen LogP contribution >= 0.6 is 23.4 Å². The van der Waals surface area contributed by atoms with Gasteiger partial charge in [0.15, 0.2) is 5.82 Å². The lowest BCUT2D eigenvalue weighted by Gasteiger charge is -2.07. The molecule has 0 fully saturated rings. The number of amides is 1. The van der Waals surface area contributed by atoms with Crippen molar-refractivity contribution in [1.29, 1.82) is 0 Å². The largest absolute Gasteiger partial charge is 0.324 e. The molecule has 0 unspecified atom stereocenters. The molecular weight excluding hydrogens is 316 g/mol. The van der Waals surface area contributed by atoms with Crippen LogP contribution in [0.25, 0.3) is 0 Å². The molecule has 0 saturated heterocycles. The van der Waals surface area contributed by atoms with E-state index >= 15 is 0 Å². The molecule has 0 heterocycles. The number of benzene rings is 2. The van der Waals surface area contributed by atoms with E-state index in [-0.39, 0.29) is 28.9 Å². The van der Waals surface area contributed by atoms with Crippen LogP contribution in [0.5, 0.6) is 0 Å². The van der Waals surface area contributed by atoms with E-state index in [4.69, 9.17) is 11.6 Å². The summed E-state index contributed by atoms with van der Waals surface area (Å²) in [5, 5.41) is 2.40. The Morgan fingerprint density at radius 1 is 1.14 bits per heavy atom. The van der Waals surface area contributed by atoms with Gasteiger partial charge in [-0.25, -0.2) is 8.78 Å². The first-order chi connectivity index (χ1) is 10.1. The SMILES string of the molecule is O=C(CCSc1ccccc1F)Nc1cccc(Cl)c1F. The summed E-state index contributed by atoms with van der Waals surface area (Å²) < 4.78 is 27.0. The van der Waals surface area contributed by atoms with E-state index in [1.54, 1.807) is 24.3 Å². The Hall–Kier alpha value is -1.59. The number of thioether (sulfide) groups is 1. The number of anilines is 1. The zero-order valence-electron chi connectivity index (χ0n) is 10.9. The van der Waals surface area contributed by atoms with Gasteiger partial charge in [0.1, 0.15) is 5.82 Å². The minimum absolute atomic E-state index is 0.0448. The van der Waals surface area contributed by atoms with Crippen molar-refractivity contribution in [3.63, 3.8) is 0 Å². The number of carbonyl (C=O) groups is 1. The topological polar surface area (TPSA) is 29.1 Å². The van der Waals surface area contributed by atoms with E-state index in [1.165, 1.54) is 30.0 Å². The Bertz CT molecular complexity index is 651. The molecule has 0 spiro atoms. The summed E-state index contributed by atoms with van der Waals surface area (Å²) >= 11 is 6.86. The summed E-state index contributed by atoms with van der Waals surface area (Å²) in [6, 6.07) is 10.7. The van der Waals surface area contributed by atoms with E-state index in [0.29, 0.717) is 10.6 Å². The van der Waals surface area contributed by atoms with E-state index < -0.39 is 5.82 Å². The van der Waals surface area contributed by atoms with Gasteiger partial charge in [-0.05, 0) is 24.3 Å². The molecule has 1 amide bonds. The molecule has 0 radical (unpaired) electrons. The first-order valence-corrected chi connectivity index (χ1v) is 7.55. The van der Waals surface area contributed by atoms with Crippen molar-refractivity contribution in [2.75, 3.05) is 11.1 Å². The standard InChI is InChI=1S/C15H12ClF2NOS/c16-10-4-3-6-12(15(10)18)19-14(20)8-9-21-13-7-2-1-5-11(13)17/h1-7H,8-9H2,(H,19,20). The molecule has 0 aliphatic heterocycles. The second-order valence-electron chi connectivity index (χ2n) is 4.18. The molecule has 0 aliphatic carbocycles. The molecule has 2 aromatic carbocycles. The average molecular weight is 328 g/mol. The van der Waals surface area contributed by atoms with Crippen molar-refractivity contribution in [2.45, 2.75) is 11.3 Å². The summed E-state index contributed by atoms with van der Waals surface area (Å²) in [5.41, 5.74) is 0.0448. The molecule has 21 heavy (non-hydrogen) atoms. The van der Waals surface area contributed by atoms with Crippen LogP contribution in [0.3, 0.4) is 0 Å². The minimum atomic E-state index is -0.658. The van der Waals surface area contributed by atoms with Crippen LogP contribution in [0.15, 0.2) is 47.4 Å². The lowest BCUT2D eigenvalue weighted by atomic mass is 10.3. The minimum Gasteiger partial charge on any atom is -0.324 e. The zero-order valence-corrected chi connectivity index (χ0v) is 12.5. The fraction of sp³-hybridized carbons (Fsp3) is 0.133. The maximum absolute atomic E-state index is 13.6. The quantitative estimate of drug-likeness (QED) is 0.804. The van der Waals surface area contributed by atoms with Crippen LogP contribution in [0.2, 0.25) is 5.02 Å². The Morgan fingerprint density at radius 3 is 2.67 bits per heavy atom. The Labute approximate surface area is 130 Å². The van der Waals surface area contributed by atoms with Crippen molar-refractivity contribution in [3.8, 4) is 0 Å². The van der Waals surface area contributed by atoms with Gasteiger partial charge >= 0.3 is 0 Å². The lowest BCUT2D eigenvalue weighted by Crippen LogP contribution is -2.13. The first kappa shape index (κ1) is 15.8. The van der Waals surface area contributed by atoms with Crippen LogP contribution in [0.4, 0.5) is 14.5 Å². The molecule has 0 aliphatic rings. The third-order valence-electron chi connectivity index (χ3n) is 2.65. The van der Waals surface area contributed by atoms with E-state index in [9.17, 15) is 13.6 Å². The maximum Gasteiger partial charge on any atom is 0.225 e. The molecule has 0 bridgehead atoms. The van der Waals surface area contributed by atoms with Crippen molar-refractivity contribution in [3.05, 3.63) is 59.1 Å². The van der Waals surface area contributed by atoms with Crippen LogP contribution < -0.4 is 5.32 Å². The van der Waals surface area contributed by atoms with Gasteiger partial charge in [-0.1, -0.05) is 29.8 Å². The smallest absolute Gasteiger partial charge is 0.225 e. The van der Waals surface area contributed by atoms with Crippen LogP contribution in [-0.2, 0) is 4.79 Å². The highest BCUT2D eigenvalue weighted by molar-refractivity contribution is 7.99. The number of carbonyl (C=O) groups excluding carboxylic acids is 1. The lowest BCUT2D eigenvalue weighted by molar-refractivity contribution is -0.115. The van der Waals surface area contributed by atoms with Crippen molar-refractivity contribution >= 4 is 35.0 Å². The number of nitrogens with one attached hydrogen (secondary N) is 1. The molecule has 110 valence electrons. The first-order valence-electron chi connectivity index (χ1n) is 6.19.